The number of carbonyl (C=O) groups is 1. The van der Waals surface area contributed by atoms with Crippen LogP contribution in [0.5, 0.6) is 5.75 Å². The minimum absolute atomic E-state index is 0.0492. The van der Waals surface area contributed by atoms with Crippen LogP contribution in [0.1, 0.15) is 36.2 Å². The highest BCUT2D eigenvalue weighted by Crippen LogP contribution is 2.19. The molecule has 0 saturated heterocycles. The van der Waals surface area contributed by atoms with Crippen LogP contribution in [-0.4, -0.2) is 30.3 Å². The zero-order valence-electron chi connectivity index (χ0n) is 11.2. The lowest BCUT2D eigenvalue weighted by Gasteiger charge is -2.15. The molecular formula is C14H21NO3. The Bertz CT molecular complexity index is 400. The monoisotopic (exact) mass is 251 g/mol. The second-order valence-electron chi connectivity index (χ2n) is 4.17. The molecule has 0 fully saturated rings. The van der Waals surface area contributed by atoms with E-state index in [4.69, 9.17) is 9.84 Å². The van der Waals surface area contributed by atoms with Gasteiger partial charge in [-0.25, -0.2) is 0 Å². The van der Waals surface area contributed by atoms with Gasteiger partial charge >= 0.3 is 0 Å². The second kappa shape index (κ2) is 7.01. The smallest absolute Gasteiger partial charge is 0.251 e. The Labute approximate surface area is 108 Å². The first kappa shape index (κ1) is 14.5. The predicted octanol–water partition coefficient (Wildman–Crippen LogP) is 1.89. The maximum absolute atomic E-state index is 12.0. The number of amides is 1. The summed E-state index contributed by atoms with van der Waals surface area (Å²) in [6.45, 7) is 6.29. The van der Waals surface area contributed by atoms with Gasteiger partial charge in [-0.05, 0) is 38.0 Å². The molecule has 0 heterocycles. The molecule has 18 heavy (non-hydrogen) atoms. The van der Waals surface area contributed by atoms with Crippen LogP contribution in [0.25, 0.3) is 0 Å². The molecule has 0 aliphatic heterocycles. The lowest BCUT2D eigenvalue weighted by atomic mass is 10.1. The van der Waals surface area contributed by atoms with Gasteiger partial charge in [0.05, 0.1) is 19.3 Å². The number of hydrogen-bond donors (Lipinski definition) is 2. The van der Waals surface area contributed by atoms with E-state index in [1.807, 2.05) is 26.8 Å². The number of nitrogens with one attached hydrogen (secondary N) is 1. The highest BCUT2D eigenvalue weighted by molar-refractivity contribution is 5.94. The Morgan fingerprint density at radius 2 is 2.17 bits per heavy atom. The van der Waals surface area contributed by atoms with Crippen molar-refractivity contribution in [3.05, 3.63) is 29.3 Å². The first-order valence-corrected chi connectivity index (χ1v) is 6.27. The van der Waals surface area contributed by atoms with Crippen molar-refractivity contribution >= 4 is 5.91 Å². The van der Waals surface area contributed by atoms with Gasteiger partial charge < -0.3 is 15.2 Å². The summed E-state index contributed by atoms with van der Waals surface area (Å²) in [4.78, 5) is 12.0. The molecule has 2 N–H and O–H groups in total. The minimum atomic E-state index is -0.200. The summed E-state index contributed by atoms with van der Waals surface area (Å²) in [5.74, 6) is 0.541. The molecule has 0 aliphatic carbocycles. The van der Waals surface area contributed by atoms with Gasteiger partial charge in [0.15, 0.2) is 0 Å². The molecule has 0 spiro atoms. The van der Waals surface area contributed by atoms with Gasteiger partial charge in [0.25, 0.3) is 5.91 Å². The molecule has 0 radical (unpaired) electrons. The third kappa shape index (κ3) is 3.74. The van der Waals surface area contributed by atoms with Crippen LogP contribution in [-0.2, 0) is 0 Å². The van der Waals surface area contributed by atoms with Crippen molar-refractivity contribution in [2.24, 2.45) is 0 Å². The lowest BCUT2D eigenvalue weighted by molar-refractivity contribution is 0.0914. The summed E-state index contributed by atoms with van der Waals surface area (Å²) < 4.78 is 5.46. The number of aliphatic hydroxyl groups is 1. The fourth-order valence-electron chi connectivity index (χ4n) is 1.60. The van der Waals surface area contributed by atoms with Crippen LogP contribution in [0.4, 0.5) is 0 Å². The molecule has 0 aliphatic rings. The number of benzene rings is 1. The van der Waals surface area contributed by atoms with Gasteiger partial charge in [0, 0.05) is 5.56 Å². The molecule has 1 aromatic carbocycles. The standard InChI is InChI=1S/C14H21NO3/c1-4-12(9-16)15-14(17)11-7-6-10(3)13(8-11)18-5-2/h6-8,12,16H,4-5,9H2,1-3H3,(H,15,17). The summed E-state index contributed by atoms with van der Waals surface area (Å²) in [5.41, 5.74) is 1.55. The molecule has 1 atom stereocenters. The van der Waals surface area contributed by atoms with Gasteiger partial charge in [-0.15, -0.1) is 0 Å². The van der Waals surface area contributed by atoms with Gasteiger partial charge in [-0.1, -0.05) is 13.0 Å². The first-order chi connectivity index (χ1) is 8.62. The average Bonchev–Trinajstić information content (AvgIpc) is 2.38. The van der Waals surface area contributed by atoms with Crippen molar-refractivity contribution in [3.63, 3.8) is 0 Å². The fourth-order valence-corrected chi connectivity index (χ4v) is 1.60. The number of rotatable bonds is 6. The number of aliphatic hydroxyl groups excluding tert-OH is 1. The summed E-state index contributed by atoms with van der Waals surface area (Å²) >= 11 is 0. The number of ether oxygens (including phenoxy) is 1. The summed E-state index contributed by atoms with van der Waals surface area (Å²) in [6.07, 6.45) is 0.701. The van der Waals surface area contributed by atoms with E-state index in [1.54, 1.807) is 12.1 Å². The van der Waals surface area contributed by atoms with Crippen molar-refractivity contribution in [3.8, 4) is 5.75 Å². The van der Waals surface area contributed by atoms with Crippen LogP contribution in [0.3, 0.4) is 0 Å². The molecule has 1 unspecified atom stereocenters. The van der Waals surface area contributed by atoms with E-state index < -0.39 is 0 Å². The van der Waals surface area contributed by atoms with Crippen molar-refractivity contribution in [1.82, 2.24) is 5.32 Å². The summed E-state index contributed by atoms with van der Waals surface area (Å²) in [5, 5.41) is 11.8. The molecule has 1 amide bonds. The molecule has 4 heteroatoms. The van der Waals surface area contributed by atoms with Crippen LogP contribution < -0.4 is 10.1 Å². The molecule has 0 aromatic heterocycles. The van der Waals surface area contributed by atoms with E-state index in [9.17, 15) is 4.79 Å². The Kier molecular flexibility index (Phi) is 5.65. The van der Waals surface area contributed by atoms with E-state index in [-0.39, 0.29) is 18.6 Å². The van der Waals surface area contributed by atoms with Crippen molar-refractivity contribution in [1.29, 1.82) is 0 Å². The minimum Gasteiger partial charge on any atom is -0.494 e. The summed E-state index contributed by atoms with van der Waals surface area (Å²) in [6, 6.07) is 5.16. The van der Waals surface area contributed by atoms with Crippen molar-refractivity contribution in [2.75, 3.05) is 13.2 Å². The molecule has 0 bridgehead atoms. The Morgan fingerprint density at radius 3 is 2.72 bits per heavy atom. The number of hydrogen-bond acceptors (Lipinski definition) is 3. The zero-order chi connectivity index (χ0) is 13.5. The van der Waals surface area contributed by atoms with E-state index in [1.165, 1.54) is 0 Å². The maximum atomic E-state index is 12.0. The molecular weight excluding hydrogens is 230 g/mol. The van der Waals surface area contributed by atoms with Crippen molar-refractivity contribution in [2.45, 2.75) is 33.2 Å². The molecule has 4 nitrogen and oxygen atoms in total. The number of aryl methyl sites for hydroxylation is 1. The first-order valence-electron chi connectivity index (χ1n) is 6.27. The van der Waals surface area contributed by atoms with Crippen LogP contribution in [0, 0.1) is 6.92 Å². The summed E-state index contributed by atoms with van der Waals surface area (Å²) in [7, 11) is 0. The van der Waals surface area contributed by atoms with Gasteiger partial charge in [0.1, 0.15) is 5.75 Å². The van der Waals surface area contributed by atoms with Crippen LogP contribution in [0.15, 0.2) is 18.2 Å². The van der Waals surface area contributed by atoms with E-state index in [0.717, 1.165) is 11.3 Å². The second-order valence-corrected chi connectivity index (χ2v) is 4.17. The molecule has 1 aromatic rings. The highest BCUT2D eigenvalue weighted by atomic mass is 16.5. The Hall–Kier alpha value is -1.55. The average molecular weight is 251 g/mol. The van der Waals surface area contributed by atoms with Gasteiger partial charge in [0.2, 0.25) is 0 Å². The largest absolute Gasteiger partial charge is 0.494 e. The van der Waals surface area contributed by atoms with Gasteiger partial charge in [-0.2, -0.15) is 0 Å². The van der Waals surface area contributed by atoms with E-state index in [0.29, 0.717) is 18.6 Å². The van der Waals surface area contributed by atoms with Crippen molar-refractivity contribution < 1.29 is 14.6 Å². The SMILES string of the molecule is CCOc1cc(C(=O)NC(CC)CO)ccc1C. The Morgan fingerprint density at radius 1 is 1.44 bits per heavy atom. The van der Waals surface area contributed by atoms with E-state index in [2.05, 4.69) is 5.32 Å². The Balaban J connectivity index is 2.82. The third-order valence-corrected chi connectivity index (χ3v) is 2.80. The third-order valence-electron chi connectivity index (χ3n) is 2.80. The van der Waals surface area contributed by atoms with Crippen LogP contribution >= 0.6 is 0 Å². The molecule has 100 valence electrons. The zero-order valence-corrected chi connectivity index (χ0v) is 11.2. The normalized spacial score (nSPS) is 12.0. The topological polar surface area (TPSA) is 58.6 Å². The quantitative estimate of drug-likeness (QED) is 0.811. The number of carbonyl (C=O) groups excluding carboxylic acids is 1. The fraction of sp³-hybridized carbons (Fsp3) is 0.500. The van der Waals surface area contributed by atoms with E-state index >= 15 is 0 Å². The molecule has 1 rings (SSSR count). The predicted molar refractivity (Wildman–Crippen MR) is 71.0 cm³/mol. The lowest BCUT2D eigenvalue weighted by Crippen LogP contribution is -2.36. The van der Waals surface area contributed by atoms with Crippen LogP contribution in [0.2, 0.25) is 0 Å². The van der Waals surface area contributed by atoms with Gasteiger partial charge in [-0.3, -0.25) is 4.79 Å². The molecule has 0 saturated carbocycles. The highest BCUT2D eigenvalue weighted by Gasteiger charge is 2.12. The maximum Gasteiger partial charge on any atom is 0.251 e.